The van der Waals surface area contributed by atoms with E-state index in [1.54, 1.807) is 62.8 Å². The van der Waals surface area contributed by atoms with Crippen LogP contribution in [0.25, 0.3) is 0 Å². The minimum absolute atomic E-state index is 0.609. The summed E-state index contributed by atoms with van der Waals surface area (Å²) in [5.74, 6) is 6.57. The maximum absolute atomic E-state index is 11.5. The average Bonchev–Trinajstić information content (AvgIpc) is 3.04. The second-order valence-electron chi connectivity index (χ2n) is 10.7. The zero-order chi connectivity index (χ0) is 30.8. The van der Waals surface area contributed by atoms with Crippen LogP contribution in [0.1, 0.15) is 22.3 Å². The van der Waals surface area contributed by atoms with Crippen LogP contribution < -0.4 is 9.47 Å². The van der Waals surface area contributed by atoms with Gasteiger partial charge in [-0.3, -0.25) is 0 Å². The Bertz CT molecular complexity index is 1490. The van der Waals surface area contributed by atoms with Crippen molar-refractivity contribution in [1.82, 2.24) is 0 Å². The van der Waals surface area contributed by atoms with Crippen LogP contribution in [0.5, 0.6) is 11.5 Å². The number of ether oxygens (including phenoxy) is 2. The lowest BCUT2D eigenvalue weighted by molar-refractivity contribution is 0.145. The summed E-state index contributed by atoms with van der Waals surface area (Å²) in [7, 11) is 0.538. The van der Waals surface area contributed by atoms with Gasteiger partial charge in [-0.1, -0.05) is 60.4 Å². The molecule has 0 aliphatic rings. The summed E-state index contributed by atoms with van der Waals surface area (Å²) in [6.45, 7) is 0. The third kappa shape index (κ3) is 5.40. The van der Waals surface area contributed by atoms with Gasteiger partial charge in [0.1, 0.15) is 11.5 Å². The normalized spacial score (nSPS) is 15.3. The van der Waals surface area contributed by atoms with Gasteiger partial charge in [-0.2, -0.15) is 18.1 Å². The molecule has 6 heteroatoms. The Morgan fingerprint density at radius 3 is 0.952 bits per heavy atom. The molecule has 0 aliphatic carbocycles. The standard InChI is InChI=1S/C36H38O4S2/c1-9-35(37,27-11-19-31(39-3)20-12-27)29-15-23-33(24-16-29)41(5,6)42(7,8)34-25-17-30(18-26-34)36(38,10-2)28-13-21-32(40-4)22-14-28/h1-2,11-26,37-38H,3-8H3. The molecule has 0 aliphatic heterocycles. The topological polar surface area (TPSA) is 58.9 Å². The largest absolute Gasteiger partial charge is 0.497 e. The number of benzene rings is 4. The monoisotopic (exact) mass is 598 g/mol. The van der Waals surface area contributed by atoms with Gasteiger partial charge < -0.3 is 19.7 Å². The van der Waals surface area contributed by atoms with Crippen molar-refractivity contribution < 1.29 is 19.7 Å². The molecule has 2 unspecified atom stereocenters. The predicted octanol–water partition coefficient (Wildman–Crippen LogP) is 6.90. The molecule has 0 saturated heterocycles. The van der Waals surface area contributed by atoms with E-state index in [0.29, 0.717) is 33.8 Å². The molecule has 0 amide bonds. The van der Waals surface area contributed by atoms with E-state index in [9.17, 15) is 10.2 Å². The fourth-order valence-corrected chi connectivity index (χ4v) is 11.0. The molecule has 0 aromatic heterocycles. The van der Waals surface area contributed by atoms with E-state index in [2.05, 4.69) is 61.1 Å². The summed E-state index contributed by atoms with van der Waals surface area (Å²) >= 11 is 0. The minimum atomic E-state index is -1.56. The van der Waals surface area contributed by atoms with E-state index in [1.807, 2.05) is 24.3 Å². The summed E-state index contributed by atoms with van der Waals surface area (Å²) in [4.78, 5) is 2.42. The van der Waals surface area contributed by atoms with Gasteiger partial charge in [0, 0.05) is 22.3 Å². The Labute approximate surface area is 252 Å². The van der Waals surface area contributed by atoms with Gasteiger partial charge in [0.05, 0.1) is 14.2 Å². The zero-order valence-electron chi connectivity index (χ0n) is 24.9. The molecule has 0 fully saturated rings. The molecule has 0 spiro atoms. The van der Waals surface area contributed by atoms with Crippen molar-refractivity contribution in [2.24, 2.45) is 0 Å². The molecule has 0 radical (unpaired) electrons. The van der Waals surface area contributed by atoms with Crippen LogP contribution in [0.3, 0.4) is 0 Å². The summed E-state index contributed by atoms with van der Waals surface area (Å²) in [5.41, 5.74) is -0.618. The van der Waals surface area contributed by atoms with Crippen molar-refractivity contribution in [3.05, 3.63) is 119 Å². The molecule has 0 heterocycles. The number of terminal acetylenes is 2. The molecule has 4 nitrogen and oxygen atoms in total. The van der Waals surface area contributed by atoms with Crippen LogP contribution in [0.4, 0.5) is 0 Å². The van der Waals surface area contributed by atoms with E-state index >= 15 is 0 Å². The number of aliphatic hydroxyl groups is 2. The van der Waals surface area contributed by atoms with Crippen molar-refractivity contribution in [3.8, 4) is 36.2 Å². The molecular weight excluding hydrogens is 561 g/mol. The van der Waals surface area contributed by atoms with Gasteiger partial charge in [0.25, 0.3) is 0 Å². The molecule has 4 rings (SSSR count). The molecule has 0 bridgehead atoms. The van der Waals surface area contributed by atoms with E-state index in [0.717, 1.165) is 0 Å². The Morgan fingerprint density at radius 2 is 0.738 bits per heavy atom. The zero-order valence-corrected chi connectivity index (χ0v) is 26.6. The Balaban J connectivity index is 1.63. The Kier molecular flexibility index (Phi) is 8.78. The highest BCUT2D eigenvalue weighted by Gasteiger charge is 2.35. The van der Waals surface area contributed by atoms with Gasteiger partial charge in [-0.25, -0.2) is 0 Å². The second-order valence-corrected chi connectivity index (χ2v) is 21.6. The predicted molar refractivity (Wildman–Crippen MR) is 178 cm³/mol. The van der Waals surface area contributed by atoms with Crippen molar-refractivity contribution in [3.63, 3.8) is 0 Å². The molecule has 0 saturated carbocycles. The summed E-state index contributed by atoms with van der Waals surface area (Å²) < 4.78 is 10.5. The van der Waals surface area contributed by atoms with Crippen LogP contribution >= 0.6 is 18.1 Å². The Morgan fingerprint density at radius 1 is 0.500 bits per heavy atom. The van der Waals surface area contributed by atoms with E-state index < -0.39 is 29.3 Å². The van der Waals surface area contributed by atoms with Gasteiger partial charge in [0.2, 0.25) is 0 Å². The van der Waals surface area contributed by atoms with Gasteiger partial charge >= 0.3 is 0 Å². The molecule has 42 heavy (non-hydrogen) atoms. The third-order valence-corrected chi connectivity index (χ3v) is 20.5. The van der Waals surface area contributed by atoms with Crippen molar-refractivity contribution >= 4 is 18.1 Å². The van der Waals surface area contributed by atoms with Crippen LogP contribution in [0.2, 0.25) is 0 Å². The number of methoxy groups -OCH3 is 2. The SMILES string of the molecule is C#CC(O)(c1ccc(OC)cc1)c1ccc(S(C)(C)S(C)(C)c2ccc(C(O)(C#C)c3ccc(OC)cc3)cc2)cc1. The first-order chi connectivity index (χ1) is 19.9. The van der Waals surface area contributed by atoms with Crippen molar-refractivity contribution in [1.29, 1.82) is 0 Å². The maximum Gasteiger partial charge on any atom is 0.176 e. The summed E-state index contributed by atoms with van der Waals surface area (Å²) in [5, 5.41) is 22.9. The first-order valence-electron chi connectivity index (χ1n) is 13.2. The van der Waals surface area contributed by atoms with Crippen LogP contribution in [-0.2, 0) is 11.2 Å². The highest BCUT2D eigenvalue weighted by atomic mass is 33.2. The lowest BCUT2D eigenvalue weighted by Crippen LogP contribution is -2.25. The van der Waals surface area contributed by atoms with Gasteiger partial charge in [0.15, 0.2) is 11.2 Å². The average molecular weight is 599 g/mol. The summed E-state index contributed by atoms with van der Waals surface area (Å²) in [6.07, 6.45) is 21.0. The van der Waals surface area contributed by atoms with Crippen molar-refractivity contribution in [2.75, 3.05) is 39.2 Å². The minimum Gasteiger partial charge on any atom is -0.497 e. The third-order valence-electron chi connectivity index (χ3n) is 8.15. The summed E-state index contributed by atoms with van der Waals surface area (Å²) in [6, 6.07) is 30.3. The molecule has 4 aromatic rings. The Hall–Kier alpha value is -3.78. The molecular formula is C36H38O4S2. The smallest absolute Gasteiger partial charge is 0.176 e. The first kappa shape index (κ1) is 31.2. The van der Waals surface area contributed by atoms with Crippen LogP contribution in [-0.4, -0.2) is 49.5 Å². The highest BCUT2D eigenvalue weighted by Crippen LogP contribution is 2.81. The van der Waals surface area contributed by atoms with Gasteiger partial charge in [-0.15, -0.1) is 12.8 Å². The highest BCUT2D eigenvalue weighted by molar-refractivity contribution is 9.07. The van der Waals surface area contributed by atoms with Gasteiger partial charge in [-0.05, 0) is 83.3 Å². The molecule has 4 aromatic carbocycles. The first-order valence-corrected chi connectivity index (χ1v) is 18.7. The number of rotatable bonds is 9. The maximum atomic E-state index is 11.5. The van der Waals surface area contributed by atoms with Crippen LogP contribution in [0.15, 0.2) is 107 Å². The van der Waals surface area contributed by atoms with Crippen molar-refractivity contribution in [2.45, 2.75) is 21.0 Å². The fraction of sp³-hybridized carbons (Fsp3) is 0.222. The van der Waals surface area contributed by atoms with E-state index in [-0.39, 0.29) is 0 Å². The lowest BCUT2D eigenvalue weighted by atomic mass is 9.87. The molecule has 2 atom stereocenters. The second kappa shape index (κ2) is 11.8. The fourth-order valence-electron chi connectivity index (χ4n) is 4.86. The van der Waals surface area contributed by atoms with E-state index in [4.69, 9.17) is 22.3 Å². The molecule has 218 valence electrons. The number of hydrogen-bond acceptors (Lipinski definition) is 4. The molecule has 2 N–H and O–H groups in total. The van der Waals surface area contributed by atoms with E-state index in [1.165, 1.54) is 9.79 Å². The van der Waals surface area contributed by atoms with Crippen LogP contribution in [0, 0.1) is 24.7 Å². The quantitative estimate of drug-likeness (QED) is 0.163. The lowest BCUT2D eigenvalue weighted by Gasteiger charge is -2.52. The number of hydrogen-bond donors (Lipinski definition) is 2.